The van der Waals surface area contributed by atoms with Gasteiger partial charge in [-0.2, -0.15) is 0 Å². The molecule has 2 aliphatic heterocycles. The molecule has 3 aliphatic rings. The van der Waals surface area contributed by atoms with Crippen molar-refractivity contribution in [2.45, 2.75) is 90.9 Å². The Balaban J connectivity index is 1.74. The van der Waals surface area contributed by atoms with Gasteiger partial charge in [0.25, 0.3) is 0 Å². The summed E-state index contributed by atoms with van der Waals surface area (Å²) in [5.74, 6) is 0.123. The van der Waals surface area contributed by atoms with E-state index in [1.165, 1.54) is 7.11 Å². The first-order valence-corrected chi connectivity index (χ1v) is 14.9. The first-order chi connectivity index (χ1) is 20.0. The molecule has 8 bridgehead atoms. The Hall–Kier alpha value is -4.07. The molecule has 218 valence electrons. The predicted molar refractivity (Wildman–Crippen MR) is 162 cm³/mol. The van der Waals surface area contributed by atoms with Gasteiger partial charge in [0.05, 0.1) is 23.8 Å². The predicted octanol–water partition coefficient (Wildman–Crippen LogP) is 7.01. The maximum atomic E-state index is 13.4. The summed E-state index contributed by atoms with van der Waals surface area (Å²) in [5.41, 5.74) is 11.0. The second-order valence-corrected chi connectivity index (χ2v) is 12.1. The Morgan fingerprint density at radius 3 is 2.26 bits per heavy atom. The first kappa shape index (κ1) is 28.1. The third-order valence-corrected chi connectivity index (χ3v) is 9.77. The Bertz CT molecular complexity index is 1830. The van der Waals surface area contributed by atoms with Gasteiger partial charge in [0.1, 0.15) is 0 Å². The molecule has 0 radical (unpaired) electrons. The number of fused-ring (bicyclic) bond motifs is 8. The van der Waals surface area contributed by atoms with Crippen LogP contribution in [0.4, 0.5) is 0 Å². The number of Topliss-reactive ketones (excluding diaryl/α,β-unsaturated/α-hetero) is 2. The fourth-order valence-corrected chi connectivity index (χ4v) is 7.32. The third kappa shape index (κ3) is 4.30. The summed E-state index contributed by atoms with van der Waals surface area (Å²) in [6.07, 6.45) is 2.01. The van der Waals surface area contributed by atoms with Crippen LogP contribution in [-0.2, 0) is 16.0 Å². The Morgan fingerprint density at radius 1 is 0.929 bits per heavy atom. The van der Waals surface area contributed by atoms with Crippen LogP contribution in [-0.4, -0.2) is 44.6 Å². The number of carbonyl (C=O) groups excluding carboxylic acids is 3. The first-order valence-electron chi connectivity index (χ1n) is 14.9. The molecule has 4 atom stereocenters. The maximum absolute atomic E-state index is 13.4. The van der Waals surface area contributed by atoms with Crippen molar-refractivity contribution in [1.29, 1.82) is 0 Å². The summed E-state index contributed by atoms with van der Waals surface area (Å²) in [4.78, 5) is 55.8. The molecule has 8 nitrogen and oxygen atoms in total. The molecule has 0 saturated heterocycles. The van der Waals surface area contributed by atoms with Gasteiger partial charge in [0, 0.05) is 81.3 Å². The van der Waals surface area contributed by atoms with Crippen LogP contribution in [0.2, 0.25) is 0 Å². The minimum atomic E-state index is -0.266. The van der Waals surface area contributed by atoms with Crippen molar-refractivity contribution in [3.63, 3.8) is 0 Å². The minimum Gasteiger partial charge on any atom is -0.469 e. The van der Waals surface area contributed by atoms with Gasteiger partial charge < -0.3 is 14.7 Å². The normalized spacial score (nSPS) is 21.2. The van der Waals surface area contributed by atoms with Crippen molar-refractivity contribution in [3.8, 4) is 0 Å². The lowest BCUT2D eigenvalue weighted by Gasteiger charge is -2.16. The standard InChI is InChI=1S/C34H38N4O4/c1-8-20-15(2)23-14-28-31(19(6)39)17(4)25(36-28)12-24-16(3)21(9-10-30(41)42-7)33(37-24)22-11-29(40)32-18(5)26(38-34(22)32)13-27(20)35-23/h12-16,20-21,36,38H,8-11H2,1-7H3/t15?,16-,20?,21-/m0/s1. The third-order valence-electron chi connectivity index (χ3n) is 9.77. The lowest BCUT2D eigenvalue weighted by molar-refractivity contribution is -0.140. The fourth-order valence-electron chi connectivity index (χ4n) is 7.32. The number of carbonyl (C=O) groups is 3. The zero-order chi connectivity index (χ0) is 30.0. The monoisotopic (exact) mass is 566 g/mol. The van der Waals surface area contributed by atoms with Crippen LogP contribution in [0, 0.1) is 13.8 Å². The van der Waals surface area contributed by atoms with E-state index >= 15 is 0 Å². The van der Waals surface area contributed by atoms with E-state index in [4.69, 9.17) is 14.7 Å². The summed E-state index contributed by atoms with van der Waals surface area (Å²) >= 11 is 0. The number of ether oxygens (including phenoxy) is 1. The van der Waals surface area contributed by atoms with E-state index in [2.05, 4.69) is 36.8 Å². The fraction of sp³-hybridized carbons (Fsp3) is 0.441. The molecule has 0 spiro atoms. The molecule has 3 aromatic rings. The van der Waals surface area contributed by atoms with Gasteiger partial charge in [-0.15, -0.1) is 0 Å². The number of hydrogen-bond acceptors (Lipinski definition) is 6. The molecular formula is C34H38N4O4. The van der Waals surface area contributed by atoms with Crippen molar-refractivity contribution in [2.24, 2.45) is 0 Å². The van der Waals surface area contributed by atoms with Crippen LogP contribution >= 0.6 is 0 Å². The number of hydrogen-bond donors (Lipinski definition) is 2. The molecule has 3 aromatic heterocycles. The molecule has 0 aromatic carbocycles. The summed E-state index contributed by atoms with van der Waals surface area (Å²) in [6, 6.07) is 6.14. The number of aromatic amines is 2. The van der Waals surface area contributed by atoms with Crippen molar-refractivity contribution in [3.05, 3.63) is 68.8 Å². The average molecular weight is 567 g/mol. The molecule has 0 saturated carbocycles. The SMILES string of the molecule is CCC1c2cc3[nH]c4c(c5nc(cc6[nH]c(cc(n2)C1C)c(C(C)=O)c6C)[C@@H](C)[C@@H]5CCC(=O)OC)CC(=O)c4c3C. The number of rotatable bonds is 5. The van der Waals surface area contributed by atoms with Crippen LogP contribution in [0.3, 0.4) is 0 Å². The summed E-state index contributed by atoms with van der Waals surface area (Å²) in [6.45, 7) is 12.0. The molecule has 6 rings (SSSR count). The van der Waals surface area contributed by atoms with Crippen molar-refractivity contribution in [1.82, 2.24) is 19.9 Å². The van der Waals surface area contributed by atoms with Gasteiger partial charge in [-0.25, -0.2) is 0 Å². The van der Waals surface area contributed by atoms with Gasteiger partial charge in [-0.05, 0) is 62.9 Å². The number of H-pyrrole nitrogens is 2. The molecule has 0 amide bonds. The number of aryl methyl sites for hydroxylation is 2. The lowest BCUT2D eigenvalue weighted by atomic mass is 9.85. The van der Waals surface area contributed by atoms with Crippen molar-refractivity contribution in [2.75, 3.05) is 7.11 Å². The van der Waals surface area contributed by atoms with Crippen LogP contribution in [0.15, 0.2) is 18.2 Å². The van der Waals surface area contributed by atoms with Gasteiger partial charge in [0.15, 0.2) is 11.6 Å². The number of aromatic nitrogens is 4. The molecular weight excluding hydrogens is 528 g/mol. The average Bonchev–Trinajstić information content (AvgIpc) is 3.70. The summed E-state index contributed by atoms with van der Waals surface area (Å²) < 4.78 is 4.95. The highest BCUT2D eigenvalue weighted by Gasteiger charge is 2.36. The molecule has 5 heterocycles. The van der Waals surface area contributed by atoms with E-state index < -0.39 is 0 Å². The van der Waals surface area contributed by atoms with E-state index in [9.17, 15) is 14.4 Å². The zero-order valence-electron chi connectivity index (χ0n) is 25.4. The Labute approximate surface area is 245 Å². The van der Waals surface area contributed by atoms with E-state index in [0.29, 0.717) is 12.0 Å². The largest absolute Gasteiger partial charge is 0.469 e. The van der Waals surface area contributed by atoms with Crippen molar-refractivity contribution >= 4 is 39.6 Å². The van der Waals surface area contributed by atoms with Crippen LogP contribution in [0.1, 0.15) is 131 Å². The highest BCUT2D eigenvalue weighted by Crippen LogP contribution is 2.45. The zero-order valence-corrected chi connectivity index (χ0v) is 25.4. The molecule has 8 heteroatoms. The Kier molecular flexibility index (Phi) is 6.90. The summed E-state index contributed by atoms with van der Waals surface area (Å²) in [7, 11) is 1.40. The minimum absolute atomic E-state index is 0.00646. The van der Waals surface area contributed by atoms with Crippen molar-refractivity contribution < 1.29 is 19.1 Å². The molecule has 42 heavy (non-hydrogen) atoms. The molecule has 1 aliphatic carbocycles. The number of nitrogens with one attached hydrogen (secondary N) is 2. The van der Waals surface area contributed by atoms with Gasteiger partial charge in [-0.3, -0.25) is 24.4 Å². The quantitative estimate of drug-likeness (QED) is 0.253. The van der Waals surface area contributed by atoms with E-state index in [-0.39, 0.29) is 54.0 Å². The number of esters is 1. The van der Waals surface area contributed by atoms with Crippen LogP contribution < -0.4 is 0 Å². The topological polar surface area (TPSA) is 118 Å². The molecule has 2 N–H and O–H groups in total. The highest BCUT2D eigenvalue weighted by atomic mass is 16.5. The van der Waals surface area contributed by atoms with Gasteiger partial charge in [-0.1, -0.05) is 20.8 Å². The number of methoxy groups -OCH3 is 1. The molecule has 0 fully saturated rings. The van der Waals surface area contributed by atoms with Gasteiger partial charge in [0.2, 0.25) is 0 Å². The van der Waals surface area contributed by atoms with E-state index in [0.717, 1.165) is 73.5 Å². The van der Waals surface area contributed by atoms with E-state index in [1.807, 2.05) is 26.0 Å². The maximum Gasteiger partial charge on any atom is 0.305 e. The second-order valence-electron chi connectivity index (χ2n) is 12.1. The van der Waals surface area contributed by atoms with Gasteiger partial charge >= 0.3 is 5.97 Å². The lowest BCUT2D eigenvalue weighted by Crippen LogP contribution is -2.09. The summed E-state index contributed by atoms with van der Waals surface area (Å²) in [5, 5.41) is 0. The van der Waals surface area contributed by atoms with E-state index in [1.54, 1.807) is 6.92 Å². The smallest absolute Gasteiger partial charge is 0.305 e. The highest BCUT2D eigenvalue weighted by molar-refractivity contribution is 6.13. The number of nitrogens with zero attached hydrogens (tertiary/aromatic N) is 2. The Morgan fingerprint density at radius 2 is 1.57 bits per heavy atom. The second kappa shape index (κ2) is 10.3. The van der Waals surface area contributed by atoms with Crippen LogP contribution in [0.25, 0.3) is 22.1 Å². The van der Waals surface area contributed by atoms with Crippen LogP contribution in [0.5, 0.6) is 0 Å². The number of ketones is 2. The molecule has 2 unspecified atom stereocenters.